The highest BCUT2D eigenvalue weighted by molar-refractivity contribution is 5.68. The minimum Gasteiger partial charge on any atom is -0.480 e. The number of anilines is 1. The van der Waals surface area contributed by atoms with E-state index in [-0.39, 0.29) is 6.01 Å². The second-order valence-electron chi connectivity index (χ2n) is 6.84. The van der Waals surface area contributed by atoms with E-state index in [1.54, 1.807) is 13.3 Å². The van der Waals surface area contributed by atoms with Crippen LogP contribution in [-0.2, 0) is 0 Å². The van der Waals surface area contributed by atoms with Crippen molar-refractivity contribution in [2.24, 2.45) is 11.8 Å². The van der Waals surface area contributed by atoms with Crippen LogP contribution in [0.1, 0.15) is 25.0 Å². The minimum atomic E-state index is 0.272. The van der Waals surface area contributed by atoms with E-state index in [0.29, 0.717) is 5.88 Å². The molecule has 0 radical (unpaired) electrons. The molecule has 1 saturated heterocycles. The molecule has 2 atom stereocenters. The van der Waals surface area contributed by atoms with Crippen molar-refractivity contribution in [1.82, 2.24) is 20.2 Å². The highest BCUT2D eigenvalue weighted by Gasteiger charge is 2.36. The van der Waals surface area contributed by atoms with Gasteiger partial charge in [-0.05, 0) is 37.7 Å². The predicted octanol–water partition coefficient (Wildman–Crippen LogP) is 2.50. The number of rotatable bonds is 4. The van der Waals surface area contributed by atoms with E-state index in [1.807, 2.05) is 6.92 Å². The third-order valence-electron chi connectivity index (χ3n) is 5.40. The highest BCUT2D eigenvalue weighted by Crippen LogP contribution is 2.40. The monoisotopic (exact) mass is 341 g/mol. The molecule has 2 aliphatic rings. The van der Waals surface area contributed by atoms with Crippen LogP contribution in [0.4, 0.5) is 5.69 Å². The first-order valence-electron chi connectivity index (χ1n) is 8.74. The summed E-state index contributed by atoms with van der Waals surface area (Å²) in [7, 11) is 3.11. The van der Waals surface area contributed by atoms with Crippen molar-refractivity contribution in [3.8, 4) is 23.1 Å². The molecule has 1 aliphatic carbocycles. The van der Waals surface area contributed by atoms with Crippen LogP contribution in [0.25, 0.3) is 11.3 Å². The molecule has 7 nitrogen and oxygen atoms in total. The fraction of sp³-hybridized carbons (Fsp3) is 0.556. The Labute approximate surface area is 147 Å². The maximum atomic E-state index is 5.39. The molecule has 3 heterocycles. The van der Waals surface area contributed by atoms with Crippen molar-refractivity contribution in [3.63, 3.8) is 0 Å². The summed E-state index contributed by atoms with van der Waals surface area (Å²) < 4.78 is 10.5. The largest absolute Gasteiger partial charge is 0.480 e. The Balaban J connectivity index is 1.68. The summed E-state index contributed by atoms with van der Waals surface area (Å²) >= 11 is 0. The van der Waals surface area contributed by atoms with Gasteiger partial charge in [-0.25, -0.2) is 4.98 Å². The third-order valence-corrected chi connectivity index (χ3v) is 5.40. The van der Waals surface area contributed by atoms with E-state index in [4.69, 9.17) is 9.47 Å². The first kappa shape index (κ1) is 16.1. The van der Waals surface area contributed by atoms with Gasteiger partial charge in [-0.1, -0.05) is 6.42 Å². The van der Waals surface area contributed by atoms with Gasteiger partial charge in [0.25, 0.3) is 0 Å². The van der Waals surface area contributed by atoms with Gasteiger partial charge in [0.2, 0.25) is 5.88 Å². The standard InChI is InChI=1S/C18H23N5O2/c1-11-16(23-9-12-5-4-6-13(12)10-23)7-15(22-21-11)14-8-19-18(25-3)20-17(14)24-2/h7-8,12-13H,4-6,9-10H2,1-3H3. The Kier molecular flexibility index (Phi) is 4.15. The van der Waals surface area contributed by atoms with Gasteiger partial charge < -0.3 is 14.4 Å². The lowest BCUT2D eigenvalue weighted by Crippen LogP contribution is -2.22. The molecule has 7 heteroatoms. The van der Waals surface area contributed by atoms with E-state index >= 15 is 0 Å². The first-order valence-corrected chi connectivity index (χ1v) is 8.74. The molecule has 132 valence electrons. The Bertz CT molecular complexity index is 770. The van der Waals surface area contributed by atoms with Crippen molar-refractivity contribution < 1.29 is 9.47 Å². The molecule has 0 bridgehead atoms. The molecule has 2 aromatic heterocycles. The van der Waals surface area contributed by atoms with Gasteiger partial charge >= 0.3 is 6.01 Å². The van der Waals surface area contributed by atoms with Crippen molar-refractivity contribution in [1.29, 1.82) is 0 Å². The average molecular weight is 341 g/mol. The predicted molar refractivity (Wildman–Crippen MR) is 93.9 cm³/mol. The van der Waals surface area contributed by atoms with Crippen molar-refractivity contribution in [2.45, 2.75) is 26.2 Å². The van der Waals surface area contributed by atoms with Gasteiger partial charge in [0.15, 0.2) is 0 Å². The zero-order chi connectivity index (χ0) is 17.4. The molecule has 2 fully saturated rings. The normalized spacial score (nSPS) is 22.1. The third kappa shape index (κ3) is 2.88. The van der Waals surface area contributed by atoms with Gasteiger partial charge in [0.1, 0.15) is 5.69 Å². The molecule has 0 N–H and O–H groups in total. The summed E-state index contributed by atoms with van der Waals surface area (Å²) in [5.74, 6) is 2.10. The summed E-state index contributed by atoms with van der Waals surface area (Å²) in [5.41, 5.74) is 3.54. The number of fused-ring (bicyclic) bond motifs is 1. The van der Waals surface area contributed by atoms with Gasteiger partial charge in [-0.3, -0.25) is 0 Å². The van der Waals surface area contributed by atoms with Gasteiger partial charge in [-0.15, -0.1) is 5.10 Å². The van der Waals surface area contributed by atoms with Crippen molar-refractivity contribution in [3.05, 3.63) is 18.0 Å². The summed E-state index contributed by atoms with van der Waals surface area (Å²) in [6, 6.07) is 2.35. The van der Waals surface area contributed by atoms with Crippen LogP contribution in [-0.4, -0.2) is 47.5 Å². The van der Waals surface area contributed by atoms with Crippen LogP contribution in [0.15, 0.2) is 12.3 Å². The quantitative estimate of drug-likeness (QED) is 0.846. The summed E-state index contributed by atoms with van der Waals surface area (Å²) in [5, 5.41) is 8.72. The zero-order valence-electron chi connectivity index (χ0n) is 14.9. The molecule has 4 rings (SSSR count). The zero-order valence-corrected chi connectivity index (χ0v) is 14.9. The lowest BCUT2D eigenvalue weighted by molar-refractivity contribution is 0.353. The van der Waals surface area contributed by atoms with E-state index < -0.39 is 0 Å². The fourth-order valence-corrected chi connectivity index (χ4v) is 4.11. The lowest BCUT2D eigenvalue weighted by Gasteiger charge is -2.21. The topological polar surface area (TPSA) is 73.3 Å². The number of nitrogens with zero attached hydrogens (tertiary/aromatic N) is 5. The van der Waals surface area contributed by atoms with Gasteiger partial charge in [-0.2, -0.15) is 10.1 Å². The number of ether oxygens (including phenoxy) is 2. The van der Waals surface area contributed by atoms with Crippen molar-refractivity contribution in [2.75, 3.05) is 32.2 Å². The second kappa shape index (κ2) is 6.46. The van der Waals surface area contributed by atoms with Crippen LogP contribution in [0.5, 0.6) is 11.9 Å². The van der Waals surface area contributed by atoms with Gasteiger partial charge in [0.05, 0.1) is 31.2 Å². The SMILES string of the molecule is COc1ncc(-c2cc(N3CC4CCCC4C3)c(C)nn2)c(OC)n1. The van der Waals surface area contributed by atoms with Crippen LogP contribution < -0.4 is 14.4 Å². The maximum absolute atomic E-state index is 5.39. The minimum absolute atomic E-state index is 0.272. The van der Waals surface area contributed by atoms with Crippen LogP contribution in [0.2, 0.25) is 0 Å². The Hall–Kier alpha value is -2.44. The highest BCUT2D eigenvalue weighted by atomic mass is 16.5. The Morgan fingerprint density at radius 2 is 1.84 bits per heavy atom. The number of aromatic nitrogens is 4. The Morgan fingerprint density at radius 3 is 2.52 bits per heavy atom. The number of methoxy groups -OCH3 is 2. The number of hydrogen-bond donors (Lipinski definition) is 0. The van der Waals surface area contributed by atoms with E-state index in [9.17, 15) is 0 Å². The molecule has 2 aromatic rings. The van der Waals surface area contributed by atoms with E-state index in [0.717, 1.165) is 47.6 Å². The molecule has 0 aromatic carbocycles. The molecule has 1 aliphatic heterocycles. The number of hydrogen-bond acceptors (Lipinski definition) is 7. The molecule has 0 spiro atoms. The van der Waals surface area contributed by atoms with Crippen molar-refractivity contribution >= 4 is 5.69 Å². The number of aryl methyl sites for hydroxylation is 1. The summed E-state index contributed by atoms with van der Waals surface area (Å²) in [4.78, 5) is 10.9. The fourth-order valence-electron chi connectivity index (χ4n) is 4.11. The summed E-state index contributed by atoms with van der Waals surface area (Å²) in [6.07, 6.45) is 5.76. The van der Waals surface area contributed by atoms with Crippen LogP contribution in [0.3, 0.4) is 0 Å². The first-order chi connectivity index (χ1) is 12.2. The molecule has 2 unspecified atom stereocenters. The molecule has 0 amide bonds. The molecular formula is C18H23N5O2. The second-order valence-corrected chi connectivity index (χ2v) is 6.84. The van der Waals surface area contributed by atoms with E-state index in [2.05, 4.69) is 31.1 Å². The van der Waals surface area contributed by atoms with E-state index in [1.165, 1.54) is 26.4 Å². The molecular weight excluding hydrogens is 318 g/mol. The van der Waals surface area contributed by atoms with Crippen LogP contribution >= 0.6 is 0 Å². The average Bonchev–Trinajstić information content (AvgIpc) is 3.23. The van der Waals surface area contributed by atoms with Gasteiger partial charge in [0, 0.05) is 19.3 Å². The molecule has 25 heavy (non-hydrogen) atoms. The Morgan fingerprint density at radius 1 is 1.08 bits per heavy atom. The molecule has 1 saturated carbocycles. The smallest absolute Gasteiger partial charge is 0.319 e. The van der Waals surface area contributed by atoms with Crippen LogP contribution in [0, 0.1) is 18.8 Å². The summed E-state index contributed by atoms with van der Waals surface area (Å²) in [6.45, 7) is 4.25. The maximum Gasteiger partial charge on any atom is 0.319 e. The lowest BCUT2D eigenvalue weighted by atomic mass is 10.0.